The zero-order valence-corrected chi connectivity index (χ0v) is 12.2. The first-order valence-corrected chi connectivity index (χ1v) is 7.68. The van der Waals surface area contributed by atoms with Crippen LogP contribution in [0.25, 0.3) is 0 Å². The summed E-state index contributed by atoms with van der Waals surface area (Å²) in [6.07, 6.45) is 2.07. The van der Waals surface area contributed by atoms with Gasteiger partial charge in [0.05, 0.1) is 5.69 Å². The maximum atomic E-state index is 13.8. The second-order valence-electron chi connectivity index (χ2n) is 3.80. The van der Waals surface area contributed by atoms with Crippen LogP contribution in [0.15, 0.2) is 18.2 Å². The van der Waals surface area contributed by atoms with Gasteiger partial charge in [-0.2, -0.15) is 11.8 Å². The van der Waals surface area contributed by atoms with Crippen LogP contribution in [0, 0.1) is 5.82 Å². The van der Waals surface area contributed by atoms with E-state index >= 15 is 0 Å². The van der Waals surface area contributed by atoms with Crippen LogP contribution in [0.2, 0.25) is 0 Å². The molecule has 0 saturated heterocycles. The molecule has 1 nitrogen and oxygen atoms in total. The van der Waals surface area contributed by atoms with Gasteiger partial charge in [-0.1, -0.05) is 28.1 Å². The Hall–Kier alpha value is -0.220. The number of para-hydroxylation sites is 1. The van der Waals surface area contributed by atoms with Crippen molar-refractivity contribution in [1.82, 2.24) is 0 Å². The third-order valence-corrected chi connectivity index (χ3v) is 4.06. The van der Waals surface area contributed by atoms with Gasteiger partial charge >= 0.3 is 0 Å². The first-order chi connectivity index (χ1) is 7.61. The van der Waals surface area contributed by atoms with Gasteiger partial charge in [-0.15, -0.1) is 0 Å². The van der Waals surface area contributed by atoms with Gasteiger partial charge in [-0.3, -0.25) is 0 Å². The number of benzene rings is 1. The number of nitrogens with zero attached hydrogens (tertiary/aromatic N) is 1. The molecule has 16 heavy (non-hydrogen) atoms. The Balaban J connectivity index is 3.01. The van der Waals surface area contributed by atoms with Crippen LogP contribution < -0.4 is 4.90 Å². The fourth-order valence-corrected chi connectivity index (χ4v) is 2.79. The average Bonchev–Trinajstić information content (AvgIpc) is 2.28. The Morgan fingerprint density at radius 2 is 2.19 bits per heavy atom. The van der Waals surface area contributed by atoms with Crippen molar-refractivity contribution in [2.24, 2.45) is 0 Å². The number of anilines is 1. The molecule has 1 atom stereocenters. The molecule has 1 aromatic rings. The normalized spacial score (nSPS) is 12.6. The highest BCUT2D eigenvalue weighted by molar-refractivity contribution is 9.08. The maximum Gasteiger partial charge on any atom is 0.146 e. The van der Waals surface area contributed by atoms with Gasteiger partial charge in [0, 0.05) is 24.2 Å². The molecular formula is C12H17BrFNS. The summed E-state index contributed by atoms with van der Waals surface area (Å²) in [5.41, 5.74) is 1.70. The Bertz CT molecular complexity index is 346. The molecule has 1 aromatic carbocycles. The molecule has 0 aliphatic heterocycles. The van der Waals surface area contributed by atoms with E-state index in [1.54, 1.807) is 17.8 Å². The number of rotatable bonds is 5. The second kappa shape index (κ2) is 6.50. The standard InChI is InChI=1S/C12H17BrFNS/c1-9(8-16-3)15(2)12-10(7-13)5-4-6-11(12)14/h4-6,9H,7-8H2,1-3H3. The molecule has 0 amide bonds. The van der Waals surface area contributed by atoms with Crippen molar-refractivity contribution in [2.75, 3.05) is 24.0 Å². The Morgan fingerprint density at radius 1 is 1.50 bits per heavy atom. The van der Waals surface area contributed by atoms with Crippen molar-refractivity contribution >= 4 is 33.4 Å². The van der Waals surface area contributed by atoms with Crippen LogP contribution in [0.3, 0.4) is 0 Å². The summed E-state index contributed by atoms with van der Waals surface area (Å²) < 4.78 is 13.8. The lowest BCUT2D eigenvalue weighted by atomic mass is 10.1. The van der Waals surface area contributed by atoms with Gasteiger partial charge in [-0.05, 0) is 24.8 Å². The highest BCUT2D eigenvalue weighted by Gasteiger charge is 2.16. The summed E-state index contributed by atoms with van der Waals surface area (Å²) in [6.45, 7) is 2.11. The fraction of sp³-hybridized carbons (Fsp3) is 0.500. The van der Waals surface area contributed by atoms with Crippen LogP contribution in [-0.4, -0.2) is 25.1 Å². The molecule has 0 N–H and O–H groups in total. The SMILES string of the molecule is CSCC(C)N(C)c1c(F)cccc1CBr. The smallest absolute Gasteiger partial charge is 0.146 e. The van der Waals surface area contributed by atoms with Crippen LogP contribution in [0.5, 0.6) is 0 Å². The first-order valence-electron chi connectivity index (χ1n) is 5.17. The number of hydrogen-bond donors (Lipinski definition) is 0. The van der Waals surface area contributed by atoms with E-state index in [4.69, 9.17) is 0 Å². The first kappa shape index (κ1) is 13.8. The largest absolute Gasteiger partial charge is 0.368 e. The quantitative estimate of drug-likeness (QED) is 0.759. The lowest BCUT2D eigenvalue weighted by molar-refractivity contribution is 0.613. The van der Waals surface area contributed by atoms with E-state index in [9.17, 15) is 4.39 Å². The Morgan fingerprint density at radius 3 is 2.75 bits per heavy atom. The Kier molecular flexibility index (Phi) is 5.62. The van der Waals surface area contributed by atoms with Crippen LogP contribution in [0.1, 0.15) is 12.5 Å². The van der Waals surface area contributed by atoms with Crippen LogP contribution in [-0.2, 0) is 5.33 Å². The summed E-state index contributed by atoms with van der Waals surface area (Å²) in [7, 11) is 1.95. The van der Waals surface area contributed by atoms with E-state index in [0.717, 1.165) is 11.3 Å². The summed E-state index contributed by atoms with van der Waals surface area (Å²) in [5.74, 6) is 0.847. The molecule has 0 saturated carbocycles. The number of hydrogen-bond acceptors (Lipinski definition) is 2. The molecule has 0 aliphatic carbocycles. The number of halogens is 2. The molecular weight excluding hydrogens is 289 g/mol. The molecule has 0 radical (unpaired) electrons. The molecule has 0 heterocycles. The second-order valence-corrected chi connectivity index (χ2v) is 5.27. The van der Waals surface area contributed by atoms with E-state index in [0.29, 0.717) is 17.1 Å². The van der Waals surface area contributed by atoms with Gasteiger partial charge < -0.3 is 4.90 Å². The number of thioether (sulfide) groups is 1. The predicted molar refractivity (Wildman–Crippen MR) is 75.3 cm³/mol. The molecule has 1 unspecified atom stereocenters. The van der Waals surface area contributed by atoms with E-state index in [1.165, 1.54) is 6.07 Å². The van der Waals surface area contributed by atoms with Crippen LogP contribution >= 0.6 is 27.7 Å². The zero-order valence-electron chi connectivity index (χ0n) is 9.84. The molecule has 0 aromatic heterocycles. The molecule has 0 aliphatic rings. The summed E-state index contributed by atoms with van der Waals surface area (Å²) in [6, 6.07) is 5.55. The third-order valence-electron chi connectivity index (χ3n) is 2.64. The van der Waals surface area contributed by atoms with Crippen molar-refractivity contribution in [2.45, 2.75) is 18.3 Å². The minimum Gasteiger partial charge on any atom is -0.368 e. The van der Waals surface area contributed by atoms with E-state index < -0.39 is 0 Å². The molecule has 1 rings (SSSR count). The van der Waals surface area contributed by atoms with Gasteiger partial charge in [0.15, 0.2) is 0 Å². The predicted octanol–water partition coefficient (Wildman–Crippen LogP) is 3.91. The van der Waals surface area contributed by atoms with Gasteiger partial charge in [0.25, 0.3) is 0 Å². The van der Waals surface area contributed by atoms with Crippen LogP contribution in [0.4, 0.5) is 10.1 Å². The lowest BCUT2D eigenvalue weighted by Gasteiger charge is -2.28. The molecule has 0 spiro atoms. The van der Waals surface area contributed by atoms with Gasteiger partial charge in [-0.25, -0.2) is 4.39 Å². The fourth-order valence-electron chi connectivity index (χ4n) is 1.64. The molecule has 0 bridgehead atoms. The molecule has 90 valence electrons. The monoisotopic (exact) mass is 305 g/mol. The zero-order chi connectivity index (χ0) is 12.1. The average molecular weight is 306 g/mol. The topological polar surface area (TPSA) is 3.24 Å². The van der Waals surface area contributed by atoms with Gasteiger partial charge in [0.2, 0.25) is 0 Å². The minimum atomic E-state index is -0.146. The van der Waals surface area contributed by atoms with Crippen molar-refractivity contribution in [3.8, 4) is 0 Å². The number of alkyl halides is 1. The van der Waals surface area contributed by atoms with Crippen molar-refractivity contribution in [3.05, 3.63) is 29.6 Å². The summed E-state index contributed by atoms with van der Waals surface area (Å²) in [5, 5.41) is 0.677. The highest BCUT2D eigenvalue weighted by Crippen LogP contribution is 2.27. The van der Waals surface area contributed by atoms with Crippen molar-refractivity contribution < 1.29 is 4.39 Å². The van der Waals surface area contributed by atoms with Crippen molar-refractivity contribution in [3.63, 3.8) is 0 Å². The molecule has 0 fully saturated rings. The van der Waals surface area contributed by atoms with Gasteiger partial charge in [0.1, 0.15) is 5.82 Å². The molecule has 4 heteroatoms. The third kappa shape index (κ3) is 3.14. The summed E-state index contributed by atoms with van der Waals surface area (Å²) in [4.78, 5) is 2.02. The highest BCUT2D eigenvalue weighted by atomic mass is 79.9. The minimum absolute atomic E-state index is 0.146. The van der Waals surface area contributed by atoms with E-state index in [-0.39, 0.29) is 5.82 Å². The Labute approximate surface area is 110 Å². The van der Waals surface area contributed by atoms with Crippen molar-refractivity contribution in [1.29, 1.82) is 0 Å². The summed E-state index contributed by atoms with van der Waals surface area (Å²) >= 11 is 5.18. The maximum absolute atomic E-state index is 13.8. The van der Waals surface area contributed by atoms with E-state index in [2.05, 4.69) is 29.1 Å². The van der Waals surface area contributed by atoms with E-state index in [1.807, 2.05) is 18.0 Å². The lowest BCUT2D eigenvalue weighted by Crippen LogP contribution is -2.32.